The summed E-state index contributed by atoms with van der Waals surface area (Å²) in [5.41, 5.74) is 2.47. The molecule has 0 fully saturated rings. The highest BCUT2D eigenvalue weighted by molar-refractivity contribution is 8.00. The fourth-order valence-corrected chi connectivity index (χ4v) is 3.05. The first-order valence-corrected chi connectivity index (χ1v) is 8.71. The Kier molecular flexibility index (Phi) is 6.23. The van der Waals surface area contributed by atoms with E-state index in [1.807, 2.05) is 26.0 Å². The molecule has 2 aromatic carbocycles. The van der Waals surface area contributed by atoms with Crippen LogP contribution in [0.1, 0.15) is 23.3 Å². The van der Waals surface area contributed by atoms with Gasteiger partial charge in [-0.2, -0.15) is 0 Å². The van der Waals surface area contributed by atoms with Crippen LogP contribution in [0, 0.1) is 17.0 Å². The number of amides is 1. The molecule has 0 spiro atoms. The van der Waals surface area contributed by atoms with Crippen LogP contribution in [-0.4, -0.2) is 16.6 Å². The van der Waals surface area contributed by atoms with Crippen molar-refractivity contribution in [1.82, 2.24) is 0 Å². The summed E-state index contributed by atoms with van der Waals surface area (Å²) >= 11 is 7.45. The Morgan fingerprint density at radius 2 is 2.08 bits per heavy atom. The average molecular weight is 365 g/mol. The number of rotatable bonds is 6. The van der Waals surface area contributed by atoms with E-state index in [0.29, 0.717) is 10.7 Å². The fraction of sp³-hybridized carbons (Fsp3) is 0.235. The zero-order valence-electron chi connectivity index (χ0n) is 13.3. The fourth-order valence-electron chi connectivity index (χ4n) is 2.06. The van der Waals surface area contributed by atoms with Gasteiger partial charge >= 0.3 is 0 Å². The Labute approximate surface area is 149 Å². The van der Waals surface area contributed by atoms with Gasteiger partial charge < -0.3 is 5.32 Å². The molecule has 0 aliphatic carbocycles. The number of benzene rings is 2. The maximum atomic E-state index is 12.0. The average Bonchev–Trinajstić information content (AvgIpc) is 2.56. The van der Waals surface area contributed by atoms with E-state index in [0.717, 1.165) is 11.1 Å². The van der Waals surface area contributed by atoms with Gasteiger partial charge in [-0.15, -0.1) is 11.8 Å². The quantitative estimate of drug-likeness (QED) is 0.579. The predicted molar refractivity (Wildman–Crippen MR) is 98.8 cm³/mol. The van der Waals surface area contributed by atoms with E-state index in [1.165, 1.54) is 23.9 Å². The van der Waals surface area contributed by atoms with Crippen molar-refractivity contribution >= 4 is 40.6 Å². The third-order valence-corrected chi connectivity index (χ3v) is 5.08. The van der Waals surface area contributed by atoms with E-state index in [-0.39, 0.29) is 22.6 Å². The monoisotopic (exact) mass is 364 g/mol. The number of hydrogen-bond acceptors (Lipinski definition) is 4. The van der Waals surface area contributed by atoms with Crippen molar-refractivity contribution in [3.63, 3.8) is 0 Å². The minimum absolute atomic E-state index is 0.0303. The maximum Gasteiger partial charge on any atom is 0.269 e. The minimum atomic E-state index is -0.422. The van der Waals surface area contributed by atoms with Gasteiger partial charge in [0, 0.05) is 28.1 Å². The number of thioether (sulfide) groups is 1. The lowest BCUT2D eigenvalue weighted by Gasteiger charge is -2.12. The molecule has 126 valence electrons. The highest BCUT2D eigenvalue weighted by Crippen LogP contribution is 2.30. The first kappa shape index (κ1) is 18.3. The molecule has 0 aliphatic heterocycles. The topological polar surface area (TPSA) is 72.2 Å². The molecule has 0 saturated heterocycles. The molecule has 1 amide bonds. The van der Waals surface area contributed by atoms with Crippen LogP contribution in [0.3, 0.4) is 0 Å². The second-order valence-corrected chi connectivity index (χ2v) is 7.05. The molecule has 0 radical (unpaired) electrons. The van der Waals surface area contributed by atoms with E-state index in [1.54, 1.807) is 18.2 Å². The first-order valence-electron chi connectivity index (χ1n) is 7.29. The Balaban J connectivity index is 1.92. The van der Waals surface area contributed by atoms with Crippen LogP contribution in [0.15, 0.2) is 42.5 Å². The van der Waals surface area contributed by atoms with Crippen LogP contribution in [0.4, 0.5) is 11.4 Å². The summed E-state index contributed by atoms with van der Waals surface area (Å²) in [5, 5.41) is 14.2. The zero-order chi connectivity index (χ0) is 17.7. The molecular formula is C17H17ClN2O3S. The van der Waals surface area contributed by atoms with Crippen molar-refractivity contribution in [2.75, 3.05) is 11.1 Å². The van der Waals surface area contributed by atoms with Crippen LogP contribution in [-0.2, 0) is 4.79 Å². The van der Waals surface area contributed by atoms with Crippen LogP contribution >= 0.6 is 23.4 Å². The third kappa shape index (κ3) is 4.97. The standard InChI is InChI=1S/C17H17ClN2O3S/c1-11-6-7-14(9-16(11)18)19-17(21)10-24-12(2)13-4-3-5-15(8-13)20(22)23/h3-9,12H,10H2,1-2H3,(H,19,21)/t12-/m0/s1. The number of hydrogen-bond donors (Lipinski definition) is 1. The summed E-state index contributed by atoms with van der Waals surface area (Å²) in [6.45, 7) is 3.81. The Morgan fingerprint density at radius 3 is 2.75 bits per heavy atom. The third-order valence-electron chi connectivity index (χ3n) is 3.47. The Morgan fingerprint density at radius 1 is 1.33 bits per heavy atom. The van der Waals surface area contributed by atoms with Crippen LogP contribution < -0.4 is 5.32 Å². The Hall–Kier alpha value is -2.05. The van der Waals surface area contributed by atoms with Crippen molar-refractivity contribution in [3.8, 4) is 0 Å². The van der Waals surface area contributed by atoms with Gasteiger partial charge in [0.05, 0.1) is 10.7 Å². The molecule has 0 heterocycles. The van der Waals surface area contributed by atoms with E-state index >= 15 is 0 Å². The number of nitrogens with one attached hydrogen (secondary N) is 1. The van der Waals surface area contributed by atoms with E-state index < -0.39 is 4.92 Å². The number of nitrogens with zero attached hydrogens (tertiary/aromatic N) is 1. The molecule has 0 saturated carbocycles. The van der Waals surface area contributed by atoms with Gasteiger partial charge in [0.15, 0.2) is 0 Å². The number of anilines is 1. The zero-order valence-corrected chi connectivity index (χ0v) is 14.9. The molecule has 1 N–H and O–H groups in total. The lowest BCUT2D eigenvalue weighted by Crippen LogP contribution is -2.14. The van der Waals surface area contributed by atoms with Crippen molar-refractivity contribution in [2.24, 2.45) is 0 Å². The lowest BCUT2D eigenvalue weighted by atomic mass is 10.1. The van der Waals surface area contributed by atoms with Crippen molar-refractivity contribution in [2.45, 2.75) is 19.1 Å². The second-order valence-electron chi connectivity index (χ2n) is 5.32. The largest absolute Gasteiger partial charge is 0.325 e. The van der Waals surface area contributed by atoms with Gasteiger partial charge in [-0.1, -0.05) is 29.8 Å². The summed E-state index contributed by atoms with van der Waals surface area (Å²) in [6.07, 6.45) is 0. The van der Waals surface area contributed by atoms with Gasteiger partial charge in [0.1, 0.15) is 0 Å². The summed E-state index contributed by atoms with van der Waals surface area (Å²) < 4.78 is 0. The normalized spacial score (nSPS) is 11.8. The summed E-state index contributed by atoms with van der Waals surface area (Å²) in [4.78, 5) is 22.4. The Bertz CT molecular complexity index is 767. The van der Waals surface area contributed by atoms with Crippen LogP contribution in [0.5, 0.6) is 0 Å². The van der Waals surface area contributed by atoms with Crippen molar-refractivity contribution < 1.29 is 9.72 Å². The molecule has 7 heteroatoms. The van der Waals surface area contributed by atoms with Crippen molar-refractivity contribution in [3.05, 3.63) is 68.7 Å². The van der Waals surface area contributed by atoms with Gasteiger partial charge in [-0.25, -0.2) is 0 Å². The molecule has 1 atom stereocenters. The number of carbonyl (C=O) groups is 1. The number of nitro groups is 1. The van der Waals surface area contributed by atoms with Crippen LogP contribution in [0.2, 0.25) is 5.02 Å². The molecule has 5 nitrogen and oxygen atoms in total. The van der Waals surface area contributed by atoms with Gasteiger partial charge in [-0.3, -0.25) is 14.9 Å². The number of non-ortho nitro benzene ring substituents is 1. The smallest absolute Gasteiger partial charge is 0.269 e. The summed E-state index contributed by atoms with van der Waals surface area (Å²) in [6, 6.07) is 11.8. The molecule has 2 aromatic rings. The molecule has 0 aromatic heterocycles. The van der Waals surface area contributed by atoms with Gasteiger partial charge in [0.25, 0.3) is 5.69 Å². The summed E-state index contributed by atoms with van der Waals surface area (Å²) in [5.74, 6) is 0.104. The lowest BCUT2D eigenvalue weighted by molar-refractivity contribution is -0.384. The molecular weight excluding hydrogens is 348 g/mol. The van der Waals surface area contributed by atoms with Crippen LogP contribution in [0.25, 0.3) is 0 Å². The maximum absolute atomic E-state index is 12.0. The number of carbonyl (C=O) groups excluding carboxylic acids is 1. The van der Waals surface area contributed by atoms with E-state index in [9.17, 15) is 14.9 Å². The molecule has 0 aliphatic rings. The van der Waals surface area contributed by atoms with E-state index in [2.05, 4.69) is 5.32 Å². The van der Waals surface area contributed by atoms with Crippen molar-refractivity contribution in [1.29, 1.82) is 0 Å². The number of aryl methyl sites for hydroxylation is 1. The number of nitro benzene ring substituents is 1. The van der Waals surface area contributed by atoms with Gasteiger partial charge in [-0.05, 0) is 37.1 Å². The molecule has 2 rings (SSSR count). The second kappa shape index (κ2) is 8.17. The predicted octanol–water partition coefficient (Wildman–Crippen LogP) is 4.99. The first-order chi connectivity index (χ1) is 11.4. The molecule has 0 bridgehead atoms. The van der Waals surface area contributed by atoms with Gasteiger partial charge in [0.2, 0.25) is 5.91 Å². The van der Waals surface area contributed by atoms with E-state index in [4.69, 9.17) is 11.6 Å². The minimum Gasteiger partial charge on any atom is -0.325 e. The number of halogens is 1. The highest BCUT2D eigenvalue weighted by atomic mass is 35.5. The molecule has 0 unspecified atom stereocenters. The SMILES string of the molecule is Cc1ccc(NC(=O)CS[C@@H](C)c2cccc([N+](=O)[O-])c2)cc1Cl. The molecule has 24 heavy (non-hydrogen) atoms. The summed E-state index contributed by atoms with van der Waals surface area (Å²) in [7, 11) is 0. The highest BCUT2D eigenvalue weighted by Gasteiger charge is 2.13.